The molecule has 0 aromatic heterocycles. The van der Waals surface area contributed by atoms with Gasteiger partial charge in [-0.2, -0.15) is 0 Å². The number of carboxylic acid groups (broad SMARTS) is 1. The zero-order valence-corrected chi connectivity index (χ0v) is 9.84. The average molecular weight is 237 g/mol. The molecule has 94 valence electrons. The van der Waals surface area contributed by atoms with Crippen LogP contribution in [0, 0.1) is 5.92 Å². The number of hydrogen-bond donors (Lipinski definition) is 2. The first-order chi connectivity index (χ1) is 8.12. The van der Waals surface area contributed by atoms with Gasteiger partial charge in [0.05, 0.1) is 6.10 Å². The Bertz CT molecular complexity index is 345. The highest BCUT2D eigenvalue weighted by Crippen LogP contribution is 2.30. The van der Waals surface area contributed by atoms with Crippen molar-refractivity contribution >= 4 is 5.97 Å². The predicted octanol–water partition coefficient (Wildman–Crippen LogP) is 1.82. The monoisotopic (exact) mass is 237 g/mol. The van der Waals surface area contributed by atoms with E-state index in [1.54, 1.807) is 24.3 Å². The number of nitrogens with two attached hydrogens (primary N) is 1. The highest BCUT2D eigenvalue weighted by Gasteiger charge is 2.40. The summed E-state index contributed by atoms with van der Waals surface area (Å²) in [6.45, 7) is 0. The molecule has 1 fully saturated rings. The van der Waals surface area contributed by atoms with Crippen molar-refractivity contribution in [3.05, 3.63) is 24.3 Å². The minimum atomic E-state index is -1.19. The Balaban J connectivity index is 2.07. The van der Waals surface area contributed by atoms with E-state index in [1.807, 2.05) is 0 Å². The molecule has 2 aliphatic rings. The van der Waals surface area contributed by atoms with E-state index in [1.165, 1.54) is 6.42 Å². The Kier molecular flexibility index (Phi) is 3.64. The number of rotatable bonds is 3. The summed E-state index contributed by atoms with van der Waals surface area (Å²) in [5, 5.41) is 9.16. The Morgan fingerprint density at radius 2 is 2.00 bits per heavy atom. The zero-order valence-electron chi connectivity index (χ0n) is 9.84. The van der Waals surface area contributed by atoms with E-state index in [0.29, 0.717) is 0 Å². The van der Waals surface area contributed by atoms with Gasteiger partial charge in [-0.05, 0) is 18.9 Å². The van der Waals surface area contributed by atoms with E-state index in [-0.39, 0.29) is 6.10 Å². The number of carbonyl (C=O) groups is 1. The number of allylic oxidation sites excluding steroid dienone is 2. The third-order valence-electron chi connectivity index (χ3n) is 3.45. The van der Waals surface area contributed by atoms with Gasteiger partial charge in [0.1, 0.15) is 5.92 Å². The van der Waals surface area contributed by atoms with Crippen LogP contribution in [0.1, 0.15) is 32.1 Å². The summed E-state index contributed by atoms with van der Waals surface area (Å²) in [4.78, 5) is 11.2. The third-order valence-corrected chi connectivity index (χ3v) is 3.45. The summed E-state index contributed by atoms with van der Waals surface area (Å²) < 4.78 is 5.85. The summed E-state index contributed by atoms with van der Waals surface area (Å²) in [6, 6.07) is 0. The van der Waals surface area contributed by atoms with Crippen molar-refractivity contribution in [2.45, 2.75) is 43.9 Å². The molecule has 17 heavy (non-hydrogen) atoms. The lowest BCUT2D eigenvalue weighted by Crippen LogP contribution is -2.53. The Labute approximate surface area is 101 Å². The second kappa shape index (κ2) is 5.02. The number of hydrogen-bond acceptors (Lipinski definition) is 3. The van der Waals surface area contributed by atoms with Gasteiger partial charge >= 0.3 is 5.97 Å². The van der Waals surface area contributed by atoms with Gasteiger partial charge in [-0.1, -0.05) is 37.5 Å². The minimum absolute atomic E-state index is 0.0896. The first-order valence-electron chi connectivity index (χ1n) is 6.17. The molecule has 3 N–H and O–H groups in total. The molecular weight excluding hydrogens is 218 g/mol. The fourth-order valence-electron chi connectivity index (χ4n) is 2.49. The summed E-state index contributed by atoms with van der Waals surface area (Å²) in [5.74, 6) is -1.74. The first kappa shape index (κ1) is 12.3. The molecule has 1 saturated carbocycles. The van der Waals surface area contributed by atoms with Crippen molar-refractivity contribution in [3.8, 4) is 0 Å². The van der Waals surface area contributed by atoms with Gasteiger partial charge in [-0.3, -0.25) is 10.5 Å². The van der Waals surface area contributed by atoms with E-state index >= 15 is 0 Å². The van der Waals surface area contributed by atoms with Crippen LogP contribution in [0.5, 0.6) is 0 Å². The smallest absolute Gasteiger partial charge is 0.315 e. The third kappa shape index (κ3) is 2.76. The molecule has 2 rings (SSSR count). The van der Waals surface area contributed by atoms with Crippen molar-refractivity contribution in [1.82, 2.24) is 0 Å². The summed E-state index contributed by atoms with van der Waals surface area (Å²) >= 11 is 0. The zero-order chi connectivity index (χ0) is 12.3. The van der Waals surface area contributed by atoms with Gasteiger partial charge in [0, 0.05) is 0 Å². The highest BCUT2D eigenvalue weighted by atomic mass is 16.5. The molecule has 2 atom stereocenters. The Morgan fingerprint density at radius 1 is 1.29 bits per heavy atom. The number of aliphatic carboxylic acids is 1. The van der Waals surface area contributed by atoms with Crippen LogP contribution in [0.2, 0.25) is 0 Å². The van der Waals surface area contributed by atoms with Gasteiger partial charge in [-0.15, -0.1) is 0 Å². The molecule has 0 heterocycles. The largest absolute Gasteiger partial charge is 0.481 e. The van der Waals surface area contributed by atoms with Crippen molar-refractivity contribution in [3.63, 3.8) is 0 Å². The van der Waals surface area contributed by atoms with Crippen molar-refractivity contribution in [2.24, 2.45) is 11.7 Å². The maximum absolute atomic E-state index is 11.2. The van der Waals surface area contributed by atoms with Crippen LogP contribution in [-0.2, 0) is 9.53 Å². The van der Waals surface area contributed by atoms with Crippen LogP contribution in [0.4, 0.5) is 0 Å². The molecule has 0 saturated heterocycles. The molecule has 0 spiro atoms. The number of ether oxygens (including phenoxy) is 1. The molecule has 0 amide bonds. The summed E-state index contributed by atoms with van der Waals surface area (Å²) in [7, 11) is 0. The van der Waals surface area contributed by atoms with Gasteiger partial charge < -0.3 is 9.84 Å². The van der Waals surface area contributed by atoms with Gasteiger partial charge in [0.15, 0.2) is 5.72 Å². The lowest BCUT2D eigenvalue weighted by atomic mass is 9.90. The van der Waals surface area contributed by atoms with E-state index in [9.17, 15) is 4.79 Å². The van der Waals surface area contributed by atoms with Crippen LogP contribution in [-0.4, -0.2) is 22.9 Å². The fraction of sp³-hybridized carbons (Fsp3) is 0.615. The van der Waals surface area contributed by atoms with Gasteiger partial charge in [0.25, 0.3) is 0 Å². The van der Waals surface area contributed by atoms with Crippen LogP contribution in [0.3, 0.4) is 0 Å². The summed E-state index contributed by atoms with van der Waals surface area (Å²) in [6.07, 6.45) is 12.2. The highest BCUT2D eigenvalue weighted by molar-refractivity contribution is 5.74. The van der Waals surface area contributed by atoms with Gasteiger partial charge in [0.2, 0.25) is 0 Å². The molecule has 2 unspecified atom stereocenters. The van der Waals surface area contributed by atoms with Crippen LogP contribution < -0.4 is 5.73 Å². The minimum Gasteiger partial charge on any atom is -0.481 e. The molecular formula is C13H19NO3. The lowest BCUT2D eigenvalue weighted by Gasteiger charge is -2.37. The van der Waals surface area contributed by atoms with E-state index in [2.05, 4.69) is 0 Å². The SMILES string of the molecule is NC1(OC2CCCCC2)C=CC=CC1C(=O)O. The quantitative estimate of drug-likeness (QED) is 0.734. The molecule has 2 aliphatic carbocycles. The van der Waals surface area contributed by atoms with E-state index < -0.39 is 17.6 Å². The second-order valence-electron chi connectivity index (χ2n) is 4.79. The Morgan fingerprint density at radius 3 is 2.65 bits per heavy atom. The molecule has 0 aromatic carbocycles. The fourth-order valence-corrected chi connectivity index (χ4v) is 2.49. The second-order valence-corrected chi connectivity index (χ2v) is 4.79. The normalized spacial score (nSPS) is 33.8. The van der Waals surface area contributed by atoms with Crippen LogP contribution >= 0.6 is 0 Å². The Hall–Kier alpha value is -1.13. The predicted molar refractivity (Wildman–Crippen MR) is 64.3 cm³/mol. The summed E-state index contributed by atoms with van der Waals surface area (Å²) in [5.41, 5.74) is 4.90. The van der Waals surface area contributed by atoms with Gasteiger partial charge in [-0.25, -0.2) is 0 Å². The number of carboxylic acids is 1. The molecule has 0 aliphatic heterocycles. The van der Waals surface area contributed by atoms with Crippen LogP contribution in [0.25, 0.3) is 0 Å². The first-order valence-corrected chi connectivity index (χ1v) is 6.17. The van der Waals surface area contributed by atoms with Crippen molar-refractivity contribution in [1.29, 1.82) is 0 Å². The van der Waals surface area contributed by atoms with Crippen molar-refractivity contribution < 1.29 is 14.6 Å². The lowest BCUT2D eigenvalue weighted by molar-refractivity contribution is -0.155. The van der Waals surface area contributed by atoms with Crippen molar-refractivity contribution in [2.75, 3.05) is 0 Å². The molecule has 4 heteroatoms. The molecule has 0 bridgehead atoms. The topological polar surface area (TPSA) is 72.5 Å². The van der Waals surface area contributed by atoms with E-state index in [0.717, 1.165) is 25.7 Å². The molecule has 0 aromatic rings. The van der Waals surface area contributed by atoms with Crippen LogP contribution in [0.15, 0.2) is 24.3 Å². The van der Waals surface area contributed by atoms with E-state index in [4.69, 9.17) is 15.6 Å². The molecule has 0 radical (unpaired) electrons. The molecule has 4 nitrogen and oxygen atoms in total. The standard InChI is InChI=1S/C13H19NO3/c14-13(17-10-6-2-1-3-7-10)9-5-4-8-11(13)12(15)16/h4-5,8-11H,1-3,6-7,14H2,(H,15,16). The average Bonchev–Trinajstić information content (AvgIpc) is 2.30. The maximum Gasteiger partial charge on any atom is 0.315 e. The maximum atomic E-state index is 11.2.